The Morgan fingerprint density at radius 3 is 2.77 bits per heavy atom. The predicted octanol–water partition coefficient (Wildman–Crippen LogP) is 3.80. The van der Waals surface area contributed by atoms with Crippen LogP contribution in [0, 0.1) is 11.8 Å². The summed E-state index contributed by atoms with van der Waals surface area (Å²) in [4.78, 5) is 9.88. The molecule has 3 N–H and O–H groups in total. The zero-order valence-corrected chi connectivity index (χ0v) is 16.9. The number of benzene rings is 1. The van der Waals surface area contributed by atoms with Gasteiger partial charge in [0.05, 0.1) is 30.3 Å². The Labute approximate surface area is 176 Å². The number of morpholine rings is 1. The van der Waals surface area contributed by atoms with E-state index in [4.69, 9.17) is 4.74 Å². The maximum atomic E-state index is 10.6. The molecule has 6 nitrogen and oxygen atoms in total. The lowest BCUT2D eigenvalue weighted by molar-refractivity contribution is 0.110. The number of aliphatic hydroxyl groups is 1. The quantitative estimate of drug-likeness (QED) is 0.581. The first-order chi connectivity index (χ1) is 14.7. The predicted molar refractivity (Wildman–Crippen MR) is 119 cm³/mol. The van der Waals surface area contributed by atoms with Crippen LogP contribution in [0.3, 0.4) is 0 Å². The molecule has 1 aliphatic heterocycles. The lowest BCUT2D eigenvalue weighted by atomic mass is 10.0. The van der Waals surface area contributed by atoms with Crippen molar-refractivity contribution >= 4 is 28.1 Å². The van der Waals surface area contributed by atoms with E-state index in [1.807, 2.05) is 24.4 Å². The van der Waals surface area contributed by atoms with Gasteiger partial charge in [0.1, 0.15) is 11.2 Å². The molecule has 0 bridgehead atoms. The first kappa shape index (κ1) is 19.0. The number of hydrogen-bond acceptors (Lipinski definition) is 5. The largest absolute Gasteiger partial charge is 0.378 e. The number of pyridine rings is 1. The second-order valence-electron chi connectivity index (χ2n) is 8.04. The Morgan fingerprint density at radius 2 is 1.93 bits per heavy atom. The molecule has 2 fully saturated rings. The second-order valence-corrected chi connectivity index (χ2v) is 8.04. The fourth-order valence-electron chi connectivity index (χ4n) is 4.28. The topological polar surface area (TPSA) is 73.4 Å². The van der Waals surface area contributed by atoms with Crippen LogP contribution in [0.1, 0.15) is 31.2 Å². The molecule has 1 saturated heterocycles. The number of rotatable bonds is 3. The van der Waals surface area contributed by atoms with Crippen molar-refractivity contribution < 1.29 is 9.84 Å². The third-order valence-electron chi connectivity index (χ3n) is 5.95. The standard InChI is InChI=1S/C24H26N4O2/c29-24(8-1-2-9-24)10-5-18-3-4-22(28-13-15-30-16-14-28)21(17-18)27-20-7-12-26-23-19(20)6-11-25-23/h3-4,6-7,11-12,17,29H,1-2,8-9,13-16H2,(H2,25,26,27). The third-order valence-corrected chi connectivity index (χ3v) is 5.95. The van der Waals surface area contributed by atoms with Crippen LogP contribution in [-0.2, 0) is 4.74 Å². The average molecular weight is 402 g/mol. The third kappa shape index (κ3) is 3.87. The number of H-pyrrole nitrogens is 1. The lowest BCUT2D eigenvalue weighted by Crippen LogP contribution is -2.36. The van der Waals surface area contributed by atoms with Crippen LogP contribution in [0.2, 0.25) is 0 Å². The summed E-state index contributed by atoms with van der Waals surface area (Å²) in [6.07, 6.45) is 7.31. The molecule has 0 radical (unpaired) electrons. The fraction of sp³-hybridized carbons (Fsp3) is 0.375. The van der Waals surface area contributed by atoms with Crippen LogP contribution in [0.5, 0.6) is 0 Å². The average Bonchev–Trinajstić information content (AvgIpc) is 3.43. The molecule has 3 aromatic rings. The summed E-state index contributed by atoms with van der Waals surface area (Å²) in [6.45, 7) is 3.17. The monoisotopic (exact) mass is 402 g/mol. The molecule has 0 spiro atoms. The summed E-state index contributed by atoms with van der Waals surface area (Å²) < 4.78 is 5.53. The molecule has 3 heterocycles. The Kier molecular flexibility index (Phi) is 5.07. The van der Waals surface area contributed by atoms with E-state index in [2.05, 4.69) is 44.2 Å². The first-order valence-corrected chi connectivity index (χ1v) is 10.6. The van der Waals surface area contributed by atoms with Gasteiger partial charge < -0.3 is 25.0 Å². The van der Waals surface area contributed by atoms with Gasteiger partial charge in [-0.05, 0) is 56.0 Å². The molecule has 1 saturated carbocycles. The number of aromatic nitrogens is 2. The molecule has 2 aromatic heterocycles. The smallest absolute Gasteiger partial charge is 0.139 e. The Morgan fingerprint density at radius 1 is 1.10 bits per heavy atom. The lowest BCUT2D eigenvalue weighted by Gasteiger charge is -2.31. The van der Waals surface area contributed by atoms with Gasteiger partial charge in [-0.3, -0.25) is 0 Å². The highest BCUT2D eigenvalue weighted by Gasteiger charge is 2.28. The van der Waals surface area contributed by atoms with Crippen molar-refractivity contribution in [1.29, 1.82) is 0 Å². The Hall–Kier alpha value is -3.01. The van der Waals surface area contributed by atoms with Crippen LogP contribution in [0.15, 0.2) is 42.7 Å². The van der Waals surface area contributed by atoms with Crippen molar-refractivity contribution in [3.63, 3.8) is 0 Å². The van der Waals surface area contributed by atoms with Crippen molar-refractivity contribution in [3.8, 4) is 11.8 Å². The van der Waals surface area contributed by atoms with Crippen molar-refractivity contribution in [3.05, 3.63) is 48.3 Å². The van der Waals surface area contributed by atoms with E-state index >= 15 is 0 Å². The summed E-state index contributed by atoms with van der Waals surface area (Å²) in [6, 6.07) is 10.2. The molecule has 0 unspecified atom stereocenters. The number of nitrogens with zero attached hydrogens (tertiary/aromatic N) is 2. The molecule has 154 valence electrons. The zero-order chi connectivity index (χ0) is 20.4. The number of nitrogens with one attached hydrogen (secondary N) is 2. The molecule has 30 heavy (non-hydrogen) atoms. The van der Waals surface area contributed by atoms with E-state index in [9.17, 15) is 5.11 Å². The Bertz CT molecular complexity index is 1100. The maximum absolute atomic E-state index is 10.6. The van der Waals surface area contributed by atoms with Gasteiger partial charge in [0.25, 0.3) is 0 Å². The number of hydrogen-bond donors (Lipinski definition) is 3. The van der Waals surface area contributed by atoms with Gasteiger partial charge in [-0.1, -0.05) is 11.8 Å². The normalized spacial score (nSPS) is 18.2. The van der Waals surface area contributed by atoms with Crippen LogP contribution in [0.4, 0.5) is 17.1 Å². The molecule has 1 aliphatic carbocycles. The second kappa shape index (κ2) is 8.02. The van der Waals surface area contributed by atoms with Crippen molar-refractivity contribution in [2.24, 2.45) is 0 Å². The van der Waals surface area contributed by atoms with Gasteiger partial charge in [0, 0.05) is 36.4 Å². The SMILES string of the molecule is OC1(C#Cc2ccc(N3CCOCC3)c(Nc3ccnc4[nH]ccc34)c2)CCCC1. The van der Waals surface area contributed by atoms with E-state index in [0.717, 1.165) is 85.6 Å². The highest BCUT2D eigenvalue weighted by Crippen LogP contribution is 2.33. The van der Waals surface area contributed by atoms with Gasteiger partial charge >= 0.3 is 0 Å². The van der Waals surface area contributed by atoms with E-state index in [-0.39, 0.29) is 0 Å². The van der Waals surface area contributed by atoms with Crippen molar-refractivity contribution in [1.82, 2.24) is 9.97 Å². The number of aromatic amines is 1. The molecule has 0 amide bonds. The molecular weight excluding hydrogens is 376 g/mol. The van der Waals surface area contributed by atoms with E-state index < -0.39 is 5.60 Å². The van der Waals surface area contributed by atoms with E-state index in [0.29, 0.717) is 0 Å². The van der Waals surface area contributed by atoms with Gasteiger partial charge in [-0.25, -0.2) is 4.98 Å². The molecule has 2 aliphatic rings. The summed E-state index contributed by atoms with van der Waals surface area (Å²) >= 11 is 0. The minimum absolute atomic E-state index is 0.728. The molecular formula is C24H26N4O2. The van der Waals surface area contributed by atoms with Crippen LogP contribution in [0.25, 0.3) is 11.0 Å². The number of anilines is 3. The summed E-state index contributed by atoms with van der Waals surface area (Å²) in [5.41, 5.74) is 4.04. The minimum atomic E-state index is -0.834. The van der Waals surface area contributed by atoms with E-state index in [1.54, 1.807) is 6.20 Å². The van der Waals surface area contributed by atoms with E-state index in [1.165, 1.54) is 0 Å². The molecule has 5 rings (SSSR count). The highest BCUT2D eigenvalue weighted by molar-refractivity contribution is 5.93. The first-order valence-electron chi connectivity index (χ1n) is 10.6. The summed E-state index contributed by atoms with van der Waals surface area (Å²) in [7, 11) is 0. The van der Waals surface area contributed by atoms with Crippen LogP contribution >= 0.6 is 0 Å². The summed E-state index contributed by atoms with van der Waals surface area (Å²) in [5.74, 6) is 6.33. The summed E-state index contributed by atoms with van der Waals surface area (Å²) in [5, 5.41) is 15.2. The van der Waals surface area contributed by atoms with Crippen molar-refractivity contribution in [2.45, 2.75) is 31.3 Å². The minimum Gasteiger partial charge on any atom is -0.378 e. The van der Waals surface area contributed by atoms with Gasteiger partial charge in [-0.15, -0.1) is 0 Å². The zero-order valence-electron chi connectivity index (χ0n) is 16.9. The van der Waals surface area contributed by atoms with Gasteiger partial charge in [-0.2, -0.15) is 0 Å². The number of ether oxygens (including phenoxy) is 1. The molecule has 0 atom stereocenters. The Balaban J connectivity index is 1.51. The number of fused-ring (bicyclic) bond motifs is 1. The highest BCUT2D eigenvalue weighted by atomic mass is 16.5. The van der Waals surface area contributed by atoms with Crippen LogP contribution < -0.4 is 10.2 Å². The van der Waals surface area contributed by atoms with Gasteiger partial charge in [0.15, 0.2) is 0 Å². The maximum Gasteiger partial charge on any atom is 0.139 e. The molecule has 6 heteroatoms. The fourth-order valence-corrected chi connectivity index (χ4v) is 4.28. The van der Waals surface area contributed by atoms with Crippen LogP contribution in [-0.4, -0.2) is 47.0 Å². The van der Waals surface area contributed by atoms with Gasteiger partial charge in [0.2, 0.25) is 0 Å². The van der Waals surface area contributed by atoms with Crippen molar-refractivity contribution in [2.75, 3.05) is 36.5 Å². The molecule has 1 aromatic carbocycles.